The van der Waals surface area contributed by atoms with Gasteiger partial charge in [-0.3, -0.25) is 9.97 Å². The highest BCUT2D eigenvalue weighted by molar-refractivity contribution is 6.34. The molecule has 4 atom stereocenters. The third-order valence-corrected chi connectivity index (χ3v) is 20.6. The first-order valence-electron chi connectivity index (χ1n) is 28.4. The minimum atomic E-state index is 0.520. The highest BCUT2D eigenvalue weighted by Gasteiger charge is 2.47. The van der Waals surface area contributed by atoms with Crippen molar-refractivity contribution in [3.05, 3.63) is 187 Å². The van der Waals surface area contributed by atoms with Crippen LogP contribution in [0.2, 0.25) is 0 Å². The van der Waals surface area contributed by atoms with Crippen molar-refractivity contribution in [3.8, 4) is 33.6 Å². The van der Waals surface area contributed by atoms with Gasteiger partial charge in [0.25, 0.3) is 0 Å². The van der Waals surface area contributed by atoms with Crippen LogP contribution in [0.4, 0.5) is 0 Å². The molecule has 8 bridgehead atoms. The van der Waals surface area contributed by atoms with Crippen LogP contribution in [0.1, 0.15) is 110 Å². The van der Waals surface area contributed by atoms with Gasteiger partial charge in [-0.2, -0.15) is 0 Å². The molecule has 75 heavy (non-hydrogen) atoms. The van der Waals surface area contributed by atoms with Gasteiger partial charge in [-0.05, 0) is 188 Å². The standard InChI is InChI=1S/C70H55N5/c1-3-13-46(14-4-1)73-54-21-9-7-17-50(54)62-48(19-11-23-56(62)73)52-35-53(49-20-12-24-57-63(49)51-18-8-10-22-55(51)74(57)47-15-5-2-6-16-47)65-67-59(37-72-69-45-33-40-26-41(34-45)30-43(29-40)61(67)69)75-58-36-71-68-44-31-38-25-39(32-44)28-42(27-38)60(68)66(58)64(52)70(65)75/h1-24,35-45H,25-34H2. The lowest BCUT2D eigenvalue weighted by atomic mass is 9.67. The van der Waals surface area contributed by atoms with E-state index in [0.29, 0.717) is 23.7 Å². The van der Waals surface area contributed by atoms with E-state index in [4.69, 9.17) is 9.97 Å². The number of benzene rings is 7. The molecule has 21 rings (SSSR count). The summed E-state index contributed by atoms with van der Waals surface area (Å²) < 4.78 is 7.74. The number of aromatic nitrogens is 5. The van der Waals surface area contributed by atoms with Crippen molar-refractivity contribution in [2.75, 3.05) is 0 Å². The number of para-hydroxylation sites is 4. The van der Waals surface area contributed by atoms with Gasteiger partial charge >= 0.3 is 0 Å². The quantitative estimate of drug-likeness (QED) is 0.176. The van der Waals surface area contributed by atoms with E-state index in [-0.39, 0.29) is 0 Å². The molecule has 5 heteroatoms. The largest absolute Gasteiger partial charge is 0.309 e. The van der Waals surface area contributed by atoms with E-state index in [1.54, 1.807) is 11.1 Å². The summed E-state index contributed by atoms with van der Waals surface area (Å²) in [7, 11) is 0. The first kappa shape index (κ1) is 40.6. The third-order valence-electron chi connectivity index (χ3n) is 20.6. The van der Waals surface area contributed by atoms with Crippen LogP contribution in [0.15, 0.2) is 164 Å². The van der Waals surface area contributed by atoms with Gasteiger partial charge in [0.1, 0.15) is 0 Å². The minimum absolute atomic E-state index is 0.520. The molecule has 6 heterocycles. The van der Waals surface area contributed by atoms with E-state index in [1.807, 2.05) is 0 Å². The zero-order valence-electron chi connectivity index (χ0n) is 42.0. The summed E-state index contributed by atoms with van der Waals surface area (Å²) in [4.78, 5) is 11.5. The molecule has 4 fully saturated rings. The summed E-state index contributed by atoms with van der Waals surface area (Å²) in [5.74, 6) is 5.28. The summed E-state index contributed by atoms with van der Waals surface area (Å²) in [6.07, 6.45) is 17.8. The average Bonchev–Trinajstić information content (AvgIpc) is 4.17. The Balaban J connectivity index is 1.05. The Bertz CT molecular complexity index is 4300. The topological polar surface area (TPSA) is 40.0 Å². The molecule has 6 aromatic heterocycles. The van der Waals surface area contributed by atoms with E-state index in [1.165, 1.54) is 191 Å². The Hall–Kier alpha value is -7.76. The van der Waals surface area contributed by atoms with Gasteiger partial charge in [0.2, 0.25) is 0 Å². The van der Waals surface area contributed by atoms with Crippen LogP contribution in [-0.2, 0) is 0 Å². The molecule has 0 radical (unpaired) electrons. The van der Waals surface area contributed by atoms with Gasteiger partial charge in [-0.15, -0.1) is 0 Å². The molecule has 7 aromatic carbocycles. The van der Waals surface area contributed by atoms with E-state index in [9.17, 15) is 0 Å². The van der Waals surface area contributed by atoms with Gasteiger partial charge in [0, 0.05) is 77.7 Å². The van der Waals surface area contributed by atoms with Crippen LogP contribution in [0.25, 0.3) is 115 Å². The summed E-state index contributed by atoms with van der Waals surface area (Å²) in [6, 6.07) is 57.4. The number of fused-ring (bicyclic) bond motifs is 12. The molecular weight excluding hydrogens is 911 g/mol. The first-order valence-corrected chi connectivity index (χ1v) is 28.4. The van der Waals surface area contributed by atoms with Gasteiger partial charge in [-0.25, -0.2) is 0 Å². The van der Waals surface area contributed by atoms with E-state index in [2.05, 4.69) is 178 Å². The van der Waals surface area contributed by atoms with Crippen molar-refractivity contribution in [3.63, 3.8) is 0 Å². The van der Waals surface area contributed by atoms with Gasteiger partial charge in [0.15, 0.2) is 0 Å². The number of nitrogens with zero attached hydrogens (tertiary/aromatic N) is 5. The molecule has 5 nitrogen and oxygen atoms in total. The second kappa shape index (κ2) is 14.5. The Morgan fingerprint density at radius 1 is 0.320 bits per heavy atom. The van der Waals surface area contributed by atoms with E-state index < -0.39 is 0 Å². The van der Waals surface area contributed by atoms with Crippen LogP contribution in [-0.4, -0.2) is 23.5 Å². The molecule has 0 spiro atoms. The van der Waals surface area contributed by atoms with Gasteiger partial charge < -0.3 is 13.5 Å². The van der Waals surface area contributed by atoms with Crippen molar-refractivity contribution in [1.82, 2.24) is 23.5 Å². The van der Waals surface area contributed by atoms with Crippen molar-refractivity contribution in [2.24, 2.45) is 23.7 Å². The van der Waals surface area contributed by atoms with Crippen LogP contribution in [0.5, 0.6) is 0 Å². The summed E-state index contributed by atoms with van der Waals surface area (Å²) in [5, 5.41) is 11.0. The van der Waals surface area contributed by atoms with Crippen molar-refractivity contribution >= 4 is 81.7 Å². The second-order valence-electron chi connectivity index (χ2n) is 24.4. The molecule has 0 saturated heterocycles. The predicted octanol–water partition coefficient (Wildman–Crippen LogP) is 17.9. The normalized spacial score (nSPS) is 24.5. The van der Waals surface area contributed by atoms with Crippen LogP contribution < -0.4 is 0 Å². The predicted molar refractivity (Wildman–Crippen MR) is 307 cm³/mol. The molecule has 8 aliphatic carbocycles. The molecule has 13 aromatic rings. The summed E-state index contributed by atoms with van der Waals surface area (Å²) >= 11 is 0. The van der Waals surface area contributed by atoms with Crippen molar-refractivity contribution in [2.45, 2.75) is 87.9 Å². The maximum absolute atomic E-state index is 5.75. The molecular formula is C70H55N5. The van der Waals surface area contributed by atoms with Crippen molar-refractivity contribution < 1.29 is 0 Å². The number of pyridine rings is 2. The molecule has 8 aliphatic rings. The second-order valence-corrected chi connectivity index (χ2v) is 24.4. The highest BCUT2D eigenvalue weighted by atomic mass is 15.0. The Morgan fingerprint density at radius 2 is 0.720 bits per heavy atom. The zero-order chi connectivity index (χ0) is 48.4. The minimum Gasteiger partial charge on any atom is -0.309 e. The third kappa shape index (κ3) is 5.25. The highest BCUT2D eigenvalue weighted by Crippen LogP contribution is 2.62. The first-order chi connectivity index (χ1) is 37.2. The maximum Gasteiger partial charge on any atom is 0.0728 e. The number of hydrogen-bond acceptors (Lipinski definition) is 2. The van der Waals surface area contributed by atoms with Gasteiger partial charge in [-0.1, -0.05) is 97.1 Å². The molecule has 360 valence electrons. The van der Waals surface area contributed by atoms with E-state index in [0.717, 1.165) is 23.7 Å². The van der Waals surface area contributed by atoms with E-state index >= 15 is 0 Å². The molecule has 0 aliphatic heterocycles. The molecule has 4 saturated carbocycles. The monoisotopic (exact) mass is 965 g/mol. The fourth-order valence-corrected chi connectivity index (χ4v) is 18.4. The number of hydrogen-bond donors (Lipinski definition) is 0. The fraction of sp³-hybridized carbons (Fsp3) is 0.257. The van der Waals surface area contributed by atoms with Crippen molar-refractivity contribution in [1.29, 1.82) is 0 Å². The average molecular weight is 966 g/mol. The molecule has 0 amide bonds. The molecule has 4 unspecified atom stereocenters. The van der Waals surface area contributed by atoms with Gasteiger partial charge in [0.05, 0.1) is 51.0 Å². The van der Waals surface area contributed by atoms with Crippen LogP contribution >= 0.6 is 0 Å². The summed E-state index contributed by atoms with van der Waals surface area (Å²) in [6.45, 7) is 0. The zero-order valence-corrected chi connectivity index (χ0v) is 42.0. The lowest BCUT2D eigenvalue weighted by Gasteiger charge is -2.38. The van der Waals surface area contributed by atoms with Crippen LogP contribution in [0.3, 0.4) is 0 Å². The van der Waals surface area contributed by atoms with Crippen LogP contribution in [0, 0.1) is 23.7 Å². The Labute approximate surface area is 434 Å². The fourth-order valence-electron chi connectivity index (χ4n) is 18.4. The number of rotatable bonds is 4. The Morgan fingerprint density at radius 3 is 1.17 bits per heavy atom. The SMILES string of the molecule is c1ccc(-n2c3ccccc3c3c(-c4cc(-c5cccc6c5c5ccccc5n6-c5ccccc5)c5c6c7c(ncc6n6c8cnc9c(c8c4c56)C4CC5CC(CC9C5)C4)C4CC5CC(C4)CC7C5)cccc32)cc1. The lowest BCUT2D eigenvalue weighted by Crippen LogP contribution is -2.25. The lowest BCUT2D eigenvalue weighted by molar-refractivity contribution is 0.165. The maximum atomic E-state index is 5.75. The Kier molecular flexibility index (Phi) is 7.87. The molecule has 0 N–H and O–H groups in total. The smallest absolute Gasteiger partial charge is 0.0728 e. The summed E-state index contributed by atoms with van der Waals surface area (Å²) in [5.41, 5.74) is 22.5.